The monoisotopic (exact) mass is 451 g/mol. The van der Waals surface area contributed by atoms with Gasteiger partial charge in [-0.3, -0.25) is 9.69 Å². The zero-order valence-corrected chi connectivity index (χ0v) is 18.7. The molecule has 0 aliphatic carbocycles. The first-order valence-corrected chi connectivity index (χ1v) is 11.0. The minimum Gasteiger partial charge on any atom is -0.496 e. The van der Waals surface area contributed by atoms with E-state index in [-0.39, 0.29) is 6.04 Å². The zero-order valence-electron chi connectivity index (χ0n) is 17.9. The molecular formula is C26H26ClNO4. The minimum atomic E-state index is -0.809. The summed E-state index contributed by atoms with van der Waals surface area (Å²) in [4.78, 5) is 14.0. The molecule has 1 saturated heterocycles. The van der Waals surface area contributed by atoms with Crippen molar-refractivity contribution in [3.63, 3.8) is 0 Å². The van der Waals surface area contributed by atoms with Crippen LogP contribution in [0.1, 0.15) is 35.6 Å². The van der Waals surface area contributed by atoms with Gasteiger partial charge in [0.25, 0.3) is 0 Å². The highest BCUT2D eigenvalue weighted by Gasteiger charge is 2.38. The summed E-state index contributed by atoms with van der Waals surface area (Å²) >= 11 is 6.33. The molecule has 6 heteroatoms. The van der Waals surface area contributed by atoms with Gasteiger partial charge in [0, 0.05) is 17.1 Å². The third-order valence-corrected chi connectivity index (χ3v) is 6.08. The lowest BCUT2D eigenvalue weighted by Gasteiger charge is -2.33. The van der Waals surface area contributed by atoms with E-state index in [1.165, 1.54) is 0 Å². The molecule has 166 valence electrons. The lowest BCUT2D eigenvalue weighted by Crippen LogP contribution is -2.39. The molecule has 0 saturated carbocycles. The maximum Gasteiger partial charge on any atom is 0.320 e. The Labute approximate surface area is 193 Å². The largest absolute Gasteiger partial charge is 0.496 e. The highest BCUT2D eigenvalue weighted by molar-refractivity contribution is 6.30. The van der Waals surface area contributed by atoms with Gasteiger partial charge in [-0.1, -0.05) is 54.1 Å². The fourth-order valence-corrected chi connectivity index (χ4v) is 4.50. The number of nitrogens with zero attached hydrogens (tertiary/aromatic N) is 1. The number of rotatable bonds is 8. The summed E-state index contributed by atoms with van der Waals surface area (Å²) in [6, 6.07) is 22.4. The standard InChI is InChI=1S/C26H26ClNO4/c1-31-24-14-11-20(27)16-22(24)25(28-15-5-8-23(28)26(29)30)19-9-12-21(13-10-19)32-17-18-6-3-2-4-7-18/h2-4,6-7,9-14,16,23,25H,5,8,15,17H2,1H3,(H,29,30). The van der Waals surface area contributed by atoms with Crippen molar-refractivity contribution in [2.45, 2.75) is 31.5 Å². The number of carboxylic acid groups (broad SMARTS) is 1. The first-order chi connectivity index (χ1) is 15.6. The maximum absolute atomic E-state index is 12.0. The molecule has 0 aromatic heterocycles. The average Bonchev–Trinajstić information content (AvgIpc) is 3.29. The van der Waals surface area contributed by atoms with Crippen molar-refractivity contribution in [2.24, 2.45) is 0 Å². The zero-order chi connectivity index (χ0) is 22.5. The van der Waals surface area contributed by atoms with Crippen molar-refractivity contribution >= 4 is 17.6 Å². The van der Waals surface area contributed by atoms with Crippen molar-refractivity contribution in [3.05, 3.63) is 94.5 Å². The molecule has 0 bridgehead atoms. The number of aliphatic carboxylic acids is 1. The van der Waals surface area contributed by atoms with E-state index >= 15 is 0 Å². The van der Waals surface area contributed by atoms with Gasteiger partial charge in [-0.2, -0.15) is 0 Å². The summed E-state index contributed by atoms with van der Waals surface area (Å²) < 4.78 is 11.5. The van der Waals surface area contributed by atoms with E-state index in [9.17, 15) is 9.90 Å². The molecule has 0 spiro atoms. The number of methoxy groups -OCH3 is 1. The number of carbonyl (C=O) groups is 1. The number of halogens is 1. The predicted octanol–water partition coefficient (Wildman–Crippen LogP) is 5.57. The Morgan fingerprint density at radius 1 is 1.12 bits per heavy atom. The molecule has 2 atom stereocenters. The Kier molecular flexibility index (Phi) is 6.98. The molecule has 1 aliphatic rings. The Bertz CT molecular complexity index is 1060. The lowest BCUT2D eigenvalue weighted by molar-refractivity contribution is -0.142. The van der Waals surface area contributed by atoms with Crippen LogP contribution >= 0.6 is 11.6 Å². The van der Waals surface area contributed by atoms with Crippen LogP contribution in [0.3, 0.4) is 0 Å². The molecule has 32 heavy (non-hydrogen) atoms. The summed E-state index contributed by atoms with van der Waals surface area (Å²) in [5.41, 5.74) is 2.91. The van der Waals surface area contributed by atoms with Crippen LogP contribution in [-0.4, -0.2) is 35.7 Å². The van der Waals surface area contributed by atoms with Gasteiger partial charge in [-0.25, -0.2) is 0 Å². The summed E-state index contributed by atoms with van der Waals surface area (Å²) in [6.07, 6.45) is 1.45. The van der Waals surface area contributed by atoms with Gasteiger partial charge in [-0.05, 0) is 54.3 Å². The van der Waals surface area contributed by atoms with Crippen LogP contribution in [-0.2, 0) is 11.4 Å². The van der Waals surface area contributed by atoms with Crippen molar-refractivity contribution < 1.29 is 19.4 Å². The van der Waals surface area contributed by atoms with Crippen molar-refractivity contribution in [3.8, 4) is 11.5 Å². The van der Waals surface area contributed by atoms with Crippen LogP contribution in [0.15, 0.2) is 72.8 Å². The number of ether oxygens (including phenoxy) is 2. The van der Waals surface area contributed by atoms with Gasteiger partial charge in [0.2, 0.25) is 0 Å². The van der Waals surface area contributed by atoms with E-state index in [2.05, 4.69) is 0 Å². The van der Waals surface area contributed by atoms with Crippen LogP contribution in [0.2, 0.25) is 5.02 Å². The first-order valence-electron chi connectivity index (χ1n) is 10.7. The van der Waals surface area contributed by atoms with Crippen molar-refractivity contribution in [2.75, 3.05) is 13.7 Å². The summed E-state index contributed by atoms with van der Waals surface area (Å²) in [5, 5.41) is 10.4. The number of likely N-dealkylation sites (tertiary alicyclic amines) is 1. The van der Waals surface area contributed by atoms with Gasteiger partial charge in [0.05, 0.1) is 13.2 Å². The Hall–Kier alpha value is -3.02. The molecule has 1 N–H and O–H groups in total. The van der Waals surface area contributed by atoms with E-state index in [0.717, 1.165) is 28.9 Å². The van der Waals surface area contributed by atoms with Crippen molar-refractivity contribution in [1.29, 1.82) is 0 Å². The molecule has 1 heterocycles. The smallest absolute Gasteiger partial charge is 0.320 e. The Morgan fingerprint density at radius 3 is 2.56 bits per heavy atom. The number of carboxylic acids is 1. The van der Waals surface area contributed by atoms with Gasteiger partial charge >= 0.3 is 5.97 Å². The van der Waals surface area contributed by atoms with Crippen LogP contribution < -0.4 is 9.47 Å². The van der Waals surface area contributed by atoms with Gasteiger partial charge < -0.3 is 14.6 Å². The third-order valence-electron chi connectivity index (χ3n) is 5.84. The van der Waals surface area contributed by atoms with E-state index < -0.39 is 12.0 Å². The molecule has 1 fully saturated rings. The molecule has 0 amide bonds. The number of benzene rings is 3. The minimum absolute atomic E-state index is 0.296. The fourth-order valence-electron chi connectivity index (χ4n) is 4.32. The van der Waals surface area contributed by atoms with Crippen LogP contribution in [0.5, 0.6) is 11.5 Å². The van der Waals surface area contributed by atoms with E-state index in [0.29, 0.717) is 30.3 Å². The van der Waals surface area contributed by atoms with Crippen LogP contribution in [0.25, 0.3) is 0 Å². The predicted molar refractivity (Wildman–Crippen MR) is 124 cm³/mol. The summed E-state index contributed by atoms with van der Waals surface area (Å²) in [6.45, 7) is 1.17. The summed E-state index contributed by atoms with van der Waals surface area (Å²) in [5.74, 6) is 0.627. The summed E-state index contributed by atoms with van der Waals surface area (Å²) in [7, 11) is 1.61. The molecular weight excluding hydrogens is 426 g/mol. The van der Waals surface area contributed by atoms with E-state index in [1.54, 1.807) is 13.2 Å². The second kappa shape index (κ2) is 10.1. The molecule has 2 unspecified atom stereocenters. The van der Waals surface area contributed by atoms with Gasteiger partial charge in [0.15, 0.2) is 0 Å². The SMILES string of the molecule is COc1ccc(Cl)cc1C(c1ccc(OCc2ccccc2)cc1)N1CCCC1C(=O)O. The van der Waals surface area contributed by atoms with Gasteiger partial charge in [-0.15, -0.1) is 0 Å². The quantitative estimate of drug-likeness (QED) is 0.485. The topological polar surface area (TPSA) is 59.0 Å². The van der Waals surface area contributed by atoms with Crippen LogP contribution in [0.4, 0.5) is 0 Å². The lowest BCUT2D eigenvalue weighted by atomic mass is 9.95. The second-order valence-corrected chi connectivity index (χ2v) is 8.30. The maximum atomic E-state index is 12.0. The molecule has 5 nitrogen and oxygen atoms in total. The Balaban J connectivity index is 1.66. The van der Waals surface area contributed by atoms with Crippen molar-refractivity contribution in [1.82, 2.24) is 4.90 Å². The fraction of sp³-hybridized carbons (Fsp3) is 0.269. The molecule has 0 radical (unpaired) electrons. The second-order valence-electron chi connectivity index (χ2n) is 7.87. The highest BCUT2D eigenvalue weighted by Crippen LogP contribution is 2.40. The normalized spacial score (nSPS) is 17.1. The molecule has 4 rings (SSSR count). The highest BCUT2D eigenvalue weighted by atomic mass is 35.5. The number of hydrogen-bond donors (Lipinski definition) is 1. The average molecular weight is 452 g/mol. The Morgan fingerprint density at radius 2 is 1.88 bits per heavy atom. The van der Waals surface area contributed by atoms with E-state index in [1.807, 2.05) is 71.6 Å². The molecule has 3 aromatic rings. The molecule has 3 aromatic carbocycles. The van der Waals surface area contributed by atoms with Gasteiger partial charge in [0.1, 0.15) is 24.1 Å². The number of hydrogen-bond acceptors (Lipinski definition) is 4. The van der Waals surface area contributed by atoms with E-state index in [4.69, 9.17) is 21.1 Å². The van der Waals surface area contributed by atoms with Crippen LogP contribution in [0, 0.1) is 0 Å². The first kappa shape index (κ1) is 22.2. The molecule has 1 aliphatic heterocycles. The third kappa shape index (κ3) is 4.90.